The van der Waals surface area contributed by atoms with Crippen molar-refractivity contribution in [2.45, 2.75) is 12.9 Å². The van der Waals surface area contributed by atoms with E-state index in [4.69, 9.17) is 5.73 Å². The third-order valence-corrected chi connectivity index (χ3v) is 1.82. The van der Waals surface area contributed by atoms with Crippen LogP contribution in [0.2, 0.25) is 0 Å². The van der Waals surface area contributed by atoms with Gasteiger partial charge in [-0.3, -0.25) is 0 Å². The fourth-order valence-electron chi connectivity index (χ4n) is 0.822. The molecule has 0 unspecified atom stereocenters. The lowest BCUT2D eigenvalue weighted by atomic mass is 10.3. The molecule has 0 amide bonds. The van der Waals surface area contributed by atoms with E-state index in [1.54, 1.807) is 22.6 Å². The van der Waals surface area contributed by atoms with Gasteiger partial charge in [-0.05, 0) is 22.6 Å². The van der Waals surface area contributed by atoms with E-state index in [0.29, 0.717) is 9.39 Å². The second-order valence-electron chi connectivity index (χ2n) is 2.37. The number of halogens is 4. The van der Waals surface area contributed by atoms with Gasteiger partial charge < -0.3 is 10.5 Å². The van der Waals surface area contributed by atoms with Crippen LogP contribution in [0.1, 0.15) is 5.69 Å². The first kappa shape index (κ1) is 11.5. The van der Waals surface area contributed by atoms with E-state index in [-0.39, 0.29) is 12.3 Å². The topological polar surface area (TPSA) is 48.1 Å². The summed E-state index contributed by atoms with van der Waals surface area (Å²) in [6, 6.07) is 2.35. The Balaban J connectivity index is 2.92. The largest absolute Gasteiger partial charge is 0.573 e. The highest BCUT2D eigenvalue weighted by atomic mass is 127. The van der Waals surface area contributed by atoms with Crippen molar-refractivity contribution in [3.63, 3.8) is 0 Å². The van der Waals surface area contributed by atoms with E-state index in [1.165, 1.54) is 6.07 Å². The molecule has 14 heavy (non-hydrogen) atoms. The first-order valence-electron chi connectivity index (χ1n) is 3.53. The molecule has 0 saturated carbocycles. The maximum absolute atomic E-state index is 11.8. The summed E-state index contributed by atoms with van der Waals surface area (Å²) in [6.45, 7) is 0.0745. The fourth-order valence-corrected chi connectivity index (χ4v) is 1.44. The second-order valence-corrected chi connectivity index (χ2v) is 3.47. The van der Waals surface area contributed by atoms with Crippen molar-refractivity contribution < 1.29 is 17.9 Å². The Morgan fingerprint density at radius 3 is 2.57 bits per heavy atom. The Bertz CT molecular complexity index is 329. The van der Waals surface area contributed by atoms with E-state index in [0.717, 1.165) is 6.07 Å². The summed E-state index contributed by atoms with van der Waals surface area (Å²) in [6.07, 6.45) is -4.68. The highest BCUT2D eigenvalue weighted by Crippen LogP contribution is 2.24. The molecule has 1 heterocycles. The van der Waals surface area contributed by atoms with Crippen molar-refractivity contribution >= 4 is 22.6 Å². The summed E-state index contributed by atoms with van der Waals surface area (Å²) in [5, 5.41) is 0. The lowest BCUT2D eigenvalue weighted by molar-refractivity contribution is -0.274. The van der Waals surface area contributed by atoms with Gasteiger partial charge in [0.2, 0.25) is 0 Å². The van der Waals surface area contributed by atoms with Crippen LogP contribution < -0.4 is 10.5 Å². The summed E-state index contributed by atoms with van der Waals surface area (Å²) in [5.74, 6) is -0.294. The third kappa shape index (κ3) is 3.66. The molecule has 0 bridgehead atoms. The molecule has 0 fully saturated rings. The predicted octanol–water partition coefficient (Wildman–Crippen LogP) is 2.04. The van der Waals surface area contributed by atoms with Crippen molar-refractivity contribution in [1.82, 2.24) is 4.98 Å². The Hall–Kier alpha value is -0.570. The number of hydrogen-bond acceptors (Lipinski definition) is 3. The maximum atomic E-state index is 11.8. The van der Waals surface area contributed by atoms with E-state index in [1.807, 2.05) is 0 Å². The number of alkyl halides is 3. The summed E-state index contributed by atoms with van der Waals surface area (Å²) in [7, 11) is 0. The van der Waals surface area contributed by atoms with Crippen molar-refractivity contribution in [2.75, 3.05) is 0 Å². The predicted molar refractivity (Wildman–Crippen MR) is 51.5 cm³/mol. The summed E-state index contributed by atoms with van der Waals surface area (Å²) in [5.41, 5.74) is 5.61. The van der Waals surface area contributed by atoms with Gasteiger partial charge in [-0.1, -0.05) is 0 Å². The highest BCUT2D eigenvalue weighted by molar-refractivity contribution is 14.1. The lowest BCUT2D eigenvalue weighted by Gasteiger charge is -2.09. The molecule has 1 aromatic heterocycles. The standard InChI is InChI=1S/C7H6F3IN2O/c8-7(9,10)14-5-1-4(3-12)13-6(11)2-5/h1-2H,3,12H2. The molecule has 0 spiro atoms. The second kappa shape index (κ2) is 4.30. The van der Waals surface area contributed by atoms with Crippen molar-refractivity contribution in [3.05, 3.63) is 21.5 Å². The minimum absolute atomic E-state index is 0.0745. The third-order valence-electron chi connectivity index (χ3n) is 1.26. The summed E-state index contributed by atoms with van der Waals surface area (Å²) < 4.78 is 39.6. The van der Waals surface area contributed by atoms with Gasteiger partial charge in [0, 0.05) is 18.7 Å². The molecular formula is C7H6F3IN2O. The Kier molecular flexibility index (Phi) is 3.53. The Labute approximate surface area is 91.6 Å². The normalized spacial score (nSPS) is 11.5. The number of rotatable bonds is 2. The molecule has 0 saturated heterocycles. The van der Waals surface area contributed by atoms with Crippen LogP contribution in [-0.4, -0.2) is 11.3 Å². The molecule has 3 nitrogen and oxygen atoms in total. The first-order chi connectivity index (χ1) is 6.40. The minimum atomic E-state index is -4.68. The van der Waals surface area contributed by atoms with Crippen LogP contribution in [0.4, 0.5) is 13.2 Å². The molecule has 1 aromatic rings. The number of nitrogens with two attached hydrogens (primary N) is 1. The zero-order valence-electron chi connectivity index (χ0n) is 6.81. The van der Waals surface area contributed by atoms with Gasteiger partial charge in [-0.15, -0.1) is 13.2 Å². The molecule has 78 valence electrons. The monoisotopic (exact) mass is 318 g/mol. The average molecular weight is 318 g/mol. The van der Waals surface area contributed by atoms with Crippen LogP contribution >= 0.6 is 22.6 Å². The molecular weight excluding hydrogens is 312 g/mol. The molecule has 0 aromatic carbocycles. The number of ether oxygens (including phenoxy) is 1. The average Bonchev–Trinajstić information content (AvgIpc) is 1.99. The van der Waals surface area contributed by atoms with Gasteiger partial charge in [-0.25, -0.2) is 4.98 Å². The van der Waals surface area contributed by atoms with Crippen molar-refractivity contribution in [3.8, 4) is 5.75 Å². The van der Waals surface area contributed by atoms with Gasteiger partial charge in [0.15, 0.2) is 0 Å². The molecule has 1 rings (SSSR count). The van der Waals surface area contributed by atoms with Gasteiger partial charge in [-0.2, -0.15) is 0 Å². The number of nitrogens with zero attached hydrogens (tertiary/aromatic N) is 1. The molecule has 0 radical (unpaired) electrons. The van der Waals surface area contributed by atoms with Crippen molar-refractivity contribution in [2.24, 2.45) is 5.73 Å². The first-order valence-corrected chi connectivity index (χ1v) is 4.61. The zero-order chi connectivity index (χ0) is 10.8. The van der Waals surface area contributed by atoms with Gasteiger partial charge >= 0.3 is 6.36 Å². The Morgan fingerprint density at radius 2 is 2.07 bits per heavy atom. The molecule has 0 atom stereocenters. The molecule has 0 aliphatic carbocycles. The van der Waals surface area contributed by atoms with Crippen LogP contribution in [0.25, 0.3) is 0 Å². The van der Waals surface area contributed by atoms with Crippen LogP contribution in [0.5, 0.6) is 5.75 Å². The van der Waals surface area contributed by atoms with Gasteiger partial charge in [0.25, 0.3) is 0 Å². The Morgan fingerprint density at radius 1 is 1.43 bits per heavy atom. The summed E-state index contributed by atoms with van der Waals surface area (Å²) >= 11 is 1.79. The fraction of sp³-hybridized carbons (Fsp3) is 0.286. The number of pyridine rings is 1. The van der Waals surface area contributed by atoms with Crippen LogP contribution in [0.15, 0.2) is 12.1 Å². The van der Waals surface area contributed by atoms with Crippen LogP contribution in [0.3, 0.4) is 0 Å². The van der Waals surface area contributed by atoms with E-state index in [2.05, 4.69) is 9.72 Å². The SMILES string of the molecule is NCc1cc(OC(F)(F)F)cc(I)n1. The minimum Gasteiger partial charge on any atom is -0.406 e. The zero-order valence-corrected chi connectivity index (χ0v) is 8.96. The number of hydrogen-bond donors (Lipinski definition) is 1. The van der Waals surface area contributed by atoms with Crippen LogP contribution in [-0.2, 0) is 6.54 Å². The number of aromatic nitrogens is 1. The molecule has 0 aliphatic rings. The summed E-state index contributed by atoms with van der Waals surface area (Å²) in [4.78, 5) is 3.90. The van der Waals surface area contributed by atoms with Crippen LogP contribution in [0, 0.1) is 3.70 Å². The smallest absolute Gasteiger partial charge is 0.406 e. The van der Waals surface area contributed by atoms with Gasteiger partial charge in [0.05, 0.1) is 5.69 Å². The van der Waals surface area contributed by atoms with Gasteiger partial charge in [0.1, 0.15) is 9.45 Å². The quantitative estimate of drug-likeness (QED) is 0.671. The van der Waals surface area contributed by atoms with E-state index in [9.17, 15) is 13.2 Å². The maximum Gasteiger partial charge on any atom is 0.573 e. The molecule has 7 heteroatoms. The molecule has 2 N–H and O–H groups in total. The highest BCUT2D eigenvalue weighted by Gasteiger charge is 2.31. The van der Waals surface area contributed by atoms with E-state index >= 15 is 0 Å². The molecule has 0 aliphatic heterocycles. The van der Waals surface area contributed by atoms with Crippen molar-refractivity contribution in [1.29, 1.82) is 0 Å². The van der Waals surface area contributed by atoms with E-state index < -0.39 is 6.36 Å². The lowest BCUT2D eigenvalue weighted by Crippen LogP contribution is -2.17.